The van der Waals surface area contributed by atoms with Gasteiger partial charge in [-0.15, -0.1) is 0 Å². The van der Waals surface area contributed by atoms with Crippen LogP contribution < -0.4 is 0 Å². The molecule has 0 rings (SSSR count). The van der Waals surface area contributed by atoms with Crippen LogP contribution in [0.15, 0.2) is 0 Å². The lowest BCUT2D eigenvalue weighted by Gasteiger charge is -2.31. The zero-order chi connectivity index (χ0) is 20.8. The fraction of sp³-hybridized carbons (Fsp3) is 0.900. The summed E-state index contributed by atoms with van der Waals surface area (Å²) in [6, 6.07) is 0. The number of unbranched alkanes of at least 4 members (excludes halogenated alkanes) is 10. The molecule has 0 aromatic rings. The number of carboxylic acids is 2. The van der Waals surface area contributed by atoms with Crippen molar-refractivity contribution in [2.24, 2.45) is 0 Å². The van der Waals surface area contributed by atoms with Crippen molar-refractivity contribution in [1.82, 2.24) is 0 Å². The fourth-order valence-corrected chi connectivity index (χ4v) is 4.20. The minimum Gasteiger partial charge on any atom is -0.478 e. The van der Waals surface area contributed by atoms with Gasteiger partial charge in [-0.25, -0.2) is 9.59 Å². The Bertz CT molecular complexity index is 393. The number of thioether (sulfide) groups is 1. The normalized spacial score (nSPS) is 15.9. The lowest BCUT2D eigenvalue weighted by atomic mass is 10.1. The monoisotopic (exact) mass is 406 g/mol. The Morgan fingerprint density at radius 2 is 0.926 bits per heavy atom. The number of hydrogen-bond donors (Lipinski definition) is 4. The lowest BCUT2D eigenvalue weighted by Crippen LogP contribution is -2.45. The molecule has 0 bridgehead atoms. The first kappa shape index (κ1) is 26.2. The van der Waals surface area contributed by atoms with Crippen molar-refractivity contribution < 1.29 is 30.0 Å². The third-order valence-electron chi connectivity index (χ3n) is 4.74. The zero-order valence-corrected chi connectivity index (χ0v) is 17.7. The highest BCUT2D eigenvalue weighted by Crippen LogP contribution is 2.41. The first-order valence-electron chi connectivity index (χ1n) is 10.3. The van der Waals surface area contributed by atoms with E-state index in [1.54, 1.807) is 0 Å². The molecule has 4 N–H and O–H groups in total. The van der Waals surface area contributed by atoms with Crippen LogP contribution in [0.2, 0.25) is 0 Å². The van der Waals surface area contributed by atoms with Gasteiger partial charge in [0.25, 0.3) is 0 Å². The SMILES string of the molecule is CCCCCCCCC(O)(SC(O)(CCCCCCCC)C(=O)O)C(=O)O. The number of carbonyl (C=O) groups is 2. The van der Waals surface area contributed by atoms with Gasteiger partial charge in [0, 0.05) is 0 Å². The van der Waals surface area contributed by atoms with Gasteiger partial charge in [-0.1, -0.05) is 89.8 Å². The van der Waals surface area contributed by atoms with Crippen LogP contribution in [-0.2, 0) is 9.59 Å². The molecule has 160 valence electrons. The van der Waals surface area contributed by atoms with Crippen molar-refractivity contribution in [2.75, 3.05) is 0 Å². The second-order valence-electron chi connectivity index (χ2n) is 7.32. The molecule has 6 nitrogen and oxygen atoms in total. The van der Waals surface area contributed by atoms with Gasteiger partial charge in [0.2, 0.25) is 9.87 Å². The van der Waals surface area contributed by atoms with Crippen LogP contribution >= 0.6 is 11.8 Å². The maximum atomic E-state index is 11.6. The van der Waals surface area contributed by atoms with Gasteiger partial charge in [-0.05, 0) is 25.7 Å². The highest BCUT2D eigenvalue weighted by molar-refractivity contribution is 8.03. The number of carboxylic acid groups (broad SMARTS) is 2. The number of aliphatic hydroxyl groups is 2. The molecule has 0 heterocycles. The highest BCUT2D eigenvalue weighted by atomic mass is 32.2. The van der Waals surface area contributed by atoms with Gasteiger partial charge in [-0.3, -0.25) is 0 Å². The Hall–Kier alpha value is -0.790. The van der Waals surface area contributed by atoms with E-state index < -0.39 is 21.8 Å². The van der Waals surface area contributed by atoms with Gasteiger partial charge >= 0.3 is 11.9 Å². The fourth-order valence-electron chi connectivity index (χ4n) is 2.97. The third-order valence-corrected chi connectivity index (χ3v) is 6.18. The van der Waals surface area contributed by atoms with E-state index in [0.29, 0.717) is 12.8 Å². The van der Waals surface area contributed by atoms with Crippen molar-refractivity contribution in [2.45, 2.75) is 114 Å². The molecule has 0 aliphatic heterocycles. The topological polar surface area (TPSA) is 115 Å². The molecule has 0 aliphatic carbocycles. The molecule has 0 aromatic heterocycles. The van der Waals surface area contributed by atoms with Crippen LogP contribution in [0.3, 0.4) is 0 Å². The van der Waals surface area contributed by atoms with E-state index >= 15 is 0 Å². The van der Waals surface area contributed by atoms with Crippen LogP contribution in [0.5, 0.6) is 0 Å². The zero-order valence-electron chi connectivity index (χ0n) is 16.9. The first-order valence-corrected chi connectivity index (χ1v) is 11.1. The van der Waals surface area contributed by atoms with E-state index in [1.807, 2.05) is 0 Å². The minimum atomic E-state index is -2.29. The molecule has 0 saturated heterocycles. The van der Waals surface area contributed by atoms with Gasteiger partial charge in [-0.2, -0.15) is 0 Å². The van der Waals surface area contributed by atoms with E-state index in [4.69, 9.17) is 0 Å². The average Bonchev–Trinajstić information content (AvgIpc) is 2.60. The summed E-state index contributed by atoms with van der Waals surface area (Å²) in [5.41, 5.74) is 0. The molecule has 0 radical (unpaired) electrons. The summed E-state index contributed by atoms with van der Waals surface area (Å²) in [5.74, 6) is -2.99. The molecule has 2 unspecified atom stereocenters. The maximum absolute atomic E-state index is 11.6. The van der Waals surface area contributed by atoms with E-state index in [-0.39, 0.29) is 24.6 Å². The minimum absolute atomic E-state index is 0.0782. The van der Waals surface area contributed by atoms with Gasteiger partial charge in [0.15, 0.2) is 0 Å². The molecule has 0 aromatic carbocycles. The third kappa shape index (κ3) is 11.0. The molecule has 0 fully saturated rings. The largest absolute Gasteiger partial charge is 0.478 e. The Labute approximate surface area is 167 Å². The van der Waals surface area contributed by atoms with Crippen molar-refractivity contribution in [1.29, 1.82) is 0 Å². The smallest absolute Gasteiger partial charge is 0.346 e. The van der Waals surface area contributed by atoms with Gasteiger partial charge in [0.05, 0.1) is 0 Å². The molecule has 0 aliphatic rings. The summed E-state index contributed by atoms with van der Waals surface area (Å²) in [4.78, 5) is 18.5. The number of rotatable bonds is 18. The van der Waals surface area contributed by atoms with Crippen molar-refractivity contribution in [3.8, 4) is 0 Å². The quantitative estimate of drug-likeness (QED) is 0.191. The summed E-state index contributed by atoms with van der Waals surface area (Å²) in [6.45, 7) is 4.22. The summed E-state index contributed by atoms with van der Waals surface area (Å²) in [7, 11) is 0. The van der Waals surface area contributed by atoms with E-state index in [9.17, 15) is 30.0 Å². The van der Waals surface area contributed by atoms with Crippen molar-refractivity contribution in [3.05, 3.63) is 0 Å². The average molecular weight is 407 g/mol. The second-order valence-corrected chi connectivity index (χ2v) is 8.87. The Kier molecular flexibility index (Phi) is 13.8. The molecule has 7 heteroatoms. The summed E-state index contributed by atoms with van der Waals surface area (Å²) < 4.78 is 0. The summed E-state index contributed by atoms with van der Waals surface area (Å²) in [5, 5.41) is 39.8. The molecule has 0 saturated carbocycles. The highest BCUT2D eigenvalue weighted by Gasteiger charge is 2.48. The van der Waals surface area contributed by atoms with Crippen molar-refractivity contribution in [3.63, 3.8) is 0 Å². The van der Waals surface area contributed by atoms with Crippen LogP contribution in [0.1, 0.15) is 104 Å². The van der Waals surface area contributed by atoms with E-state index in [0.717, 1.165) is 64.2 Å². The standard InChI is InChI=1S/C20H38O6S/c1-3-5-7-9-11-13-15-19(25,17(21)22)27-20(26,18(23)24)16-14-12-10-8-6-4-2/h25-26H,3-16H2,1-2H3,(H,21,22)(H,23,24). The second kappa shape index (κ2) is 14.2. The molecule has 0 spiro atoms. The van der Waals surface area contributed by atoms with Gasteiger partial charge in [0.1, 0.15) is 0 Å². The summed E-state index contributed by atoms with van der Waals surface area (Å²) >= 11 is 0.259. The first-order chi connectivity index (χ1) is 12.7. The molecule has 27 heavy (non-hydrogen) atoms. The predicted molar refractivity (Wildman–Crippen MR) is 109 cm³/mol. The maximum Gasteiger partial charge on any atom is 0.346 e. The molecule has 2 atom stereocenters. The van der Waals surface area contributed by atoms with E-state index in [1.165, 1.54) is 0 Å². The molecular weight excluding hydrogens is 368 g/mol. The van der Waals surface area contributed by atoms with Crippen LogP contribution in [0, 0.1) is 0 Å². The number of aliphatic carboxylic acids is 2. The van der Waals surface area contributed by atoms with Crippen LogP contribution in [-0.4, -0.2) is 42.2 Å². The molecular formula is C20H38O6S. The number of hydrogen-bond acceptors (Lipinski definition) is 5. The van der Waals surface area contributed by atoms with Crippen LogP contribution in [0.25, 0.3) is 0 Å². The lowest BCUT2D eigenvalue weighted by molar-refractivity contribution is -0.152. The predicted octanol–water partition coefficient (Wildman–Crippen LogP) is 4.77. The summed E-state index contributed by atoms with van der Waals surface area (Å²) in [6.07, 6.45) is 10.8. The van der Waals surface area contributed by atoms with E-state index in [2.05, 4.69) is 13.8 Å². The van der Waals surface area contributed by atoms with Crippen molar-refractivity contribution >= 4 is 23.7 Å². The van der Waals surface area contributed by atoms with Crippen LogP contribution in [0.4, 0.5) is 0 Å². The Balaban J connectivity index is 4.65. The molecule has 0 amide bonds. The Morgan fingerprint density at radius 3 is 1.22 bits per heavy atom. The Morgan fingerprint density at radius 1 is 0.630 bits per heavy atom. The van der Waals surface area contributed by atoms with Gasteiger partial charge < -0.3 is 20.4 Å².